The molecule has 0 aromatic heterocycles. The predicted molar refractivity (Wildman–Crippen MR) is 53.6 cm³/mol. The predicted octanol–water partition coefficient (Wildman–Crippen LogP) is 0.997. The molecule has 2 aliphatic rings. The summed E-state index contributed by atoms with van der Waals surface area (Å²) >= 11 is 0. The Morgan fingerprint density at radius 3 is 2.46 bits per heavy atom. The molecule has 1 atom stereocenters. The van der Waals surface area contributed by atoms with Crippen molar-refractivity contribution in [3.05, 3.63) is 0 Å². The van der Waals surface area contributed by atoms with Crippen LogP contribution in [0.25, 0.3) is 0 Å². The van der Waals surface area contributed by atoms with Gasteiger partial charge in [-0.05, 0) is 25.8 Å². The minimum atomic E-state index is -0.144. The Hall–Kier alpha value is -0.570. The van der Waals surface area contributed by atoms with Gasteiger partial charge in [-0.15, -0.1) is 0 Å². The molecule has 76 valence electrons. The molecular formula is C10H20N2O. The quantitative estimate of drug-likeness (QED) is 0.609. The van der Waals surface area contributed by atoms with E-state index < -0.39 is 0 Å². The van der Waals surface area contributed by atoms with Crippen LogP contribution in [0.1, 0.15) is 33.1 Å². The van der Waals surface area contributed by atoms with Crippen molar-refractivity contribution in [1.82, 2.24) is 10.2 Å². The summed E-state index contributed by atoms with van der Waals surface area (Å²) < 4.78 is 0. The fourth-order valence-electron chi connectivity index (χ4n) is 2.13. The Bertz CT molecular complexity index is 185. The summed E-state index contributed by atoms with van der Waals surface area (Å²) in [7, 11) is 1.89. The summed E-state index contributed by atoms with van der Waals surface area (Å²) in [5.74, 6) is 0.301. The van der Waals surface area contributed by atoms with Gasteiger partial charge in [-0.1, -0.05) is 13.8 Å². The van der Waals surface area contributed by atoms with Crippen molar-refractivity contribution in [2.24, 2.45) is 0 Å². The molecule has 13 heavy (non-hydrogen) atoms. The molecule has 0 radical (unpaired) electrons. The third-order valence-electron chi connectivity index (χ3n) is 2.87. The van der Waals surface area contributed by atoms with Gasteiger partial charge in [0, 0.05) is 13.6 Å². The number of hydrogen-bond acceptors (Lipinski definition) is 2. The minimum absolute atomic E-state index is 0.144. The van der Waals surface area contributed by atoms with Gasteiger partial charge in [0.2, 0.25) is 5.91 Å². The van der Waals surface area contributed by atoms with Crippen LogP contribution in [-0.4, -0.2) is 36.5 Å². The van der Waals surface area contributed by atoms with Gasteiger partial charge in [0.1, 0.15) is 0 Å². The highest BCUT2D eigenvalue weighted by atomic mass is 16.2. The molecule has 3 heteroatoms. The standard InChI is InChI=1S/C8H14N2O.C2H6/c1-10-6-4-8(7(10)11)3-2-5-9-8;1-2/h9H,2-6H2,1H3;1-2H3. The van der Waals surface area contributed by atoms with Crippen LogP contribution in [0.15, 0.2) is 0 Å². The monoisotopic (exact) mass is 184 g/mol. The fraction of sp³-hybridized carbons (Fsp3) is 0.900. The van der Waals surface area contributed by atoms with E-state index in [0.29, 0.717) is 5.91 Å². The van der Waals surface area contributed by atoms with Crippen LogP contribution in [0.4, 0.5) is 0 Å². The average molecular weight is 184 g/mol. The van der Waals surface area contributed by atoms with Gasteiger partial charge >= 0.3 is 0 Å². The largest absolute Gasteiger partial charge is 0.344 e. The Kier molecular flexibility index (Phi) is 3.31. The van der Waals surface area contributed by atoms with Gasteiger partial charge in [0.15, 0.2) is 0 Å². The molecule has 2 aliphatic heterocycles. The highest BCUT2D eigenvalue weighted by Crippen LogP contribution is 2.30. The first-order valence-corrected chi connectivity index (χ1v) is 5.25. The van der Waals surface area contributed by atoms with E-state index in [9.17, 15) is 4.79 Å². The van der Waals surface area contributed by atoms with Gasteiger partial charge in [-0.3, -0.25) is 4.79 Å². The first-order chi connectivity index (χ1) is 6.25. The molecule has 1 N–H and O–H groups in total. The van der Waals surface area contributed by atoms with E-state index in [1.165, 1.54) is 0 Å². The number of carbonyl (C=O) groups is 1. The molecule has 0 bridgehead atoms. The average Bonchev–Trinajstić information content (AvgIpc) is 2.74. The van der Waals surface area contributed by atoms with Gasteiger partial charge in [0.05, 0.1) is 5.54 Å². The number of hydrogen-bond donors (Lipinski definition) is 1. The molecule has 2 heterocycles. The van der Waals surface area contributed by atoms with Crippen LogP contribution in [0.3, 0.4) is 0 Å². The van der Waals surface area contributed by atoms with Crippen molar-refractivity contribution >= 4 is 5.91 Å². The number of likely N-dealkylation sites (tertiary alicyclic amines) is 1. The van der Waals surface area contributed by atoms with Crippen molar-refractivity contribution in [2.45, 2.75) is 38.6 Å². The van der Waals surface area contributed by atoms with Crippen molar-refractivity contribution in [3.8, 4) is 0 Å². The van der Waals surface area contributed by atoms with E-state index >= 15 is 0 Å². The number of nitrogens with zero attached hydrogens (tertiary/aromatic N) is 1. The van der Waals surface area contributed by atoms with Crippen LogP contribution in [0, 0.1) is 0 Å². The Labute approximate surface area is 80.5 Å². The van der Waals surface area contributed by atoms with Gasteiger partial charge in [-0.25, -0.2) is 0 Å². The van der Waals surface area contributed by atoms with Crippen molar-refractivity contribution in [1.29, 1.82) is 0 Å². The number of likely N-dealkylation sites (N-methyl/N-ethyl adjacent to an activating group) is 1. The van der Waals surface area contributed by atoms with Crippen molar-refractivity contribution < 1.29 is 4.79 Å². The molecule has 2 fully saturated rings. The molecule has 0 aliphatic carbocycles. The van der Waals surface area contributed by atoms with Gasteiger partial charge in [-0.2, -0.15) is 0 Å². The SMILES string of the molecule is CC.CN1CCC2(CCCN2)C1=O. The van der Waals surface area contributed by atoms with Crippen LogP contribution < -0.4 is 5.32 Å². The van der Waals surface area contributed by atoms with Crippen LogP contribution in [0.5, 0.6) is 0 Å². The topological polar surface area (TPSA) is 32.3 Å². The summed E-state index contributed by atoms with van der Waals surface area (Å²) in [5, 5.41) is 3.32. The smallest absolute Gasteiger partial charge is 0.242 e. The maximum absolute atomic E-state index is 11.6. The zero-order chi connectivity index (χ0) is 9.90. The summed E-state index contributed by atoms with van der Waals surface area (Å²) in [6, 6.07) is 0. The molecular weight excluding hydrogens is 164 g/mol. The molecule has 0 saturated carbocycles. The number of nitrogens with one attached hydrogen (secondary N) is 1. The van der Waals surface area contributed by atoms with E-state index in [2.05, 4.69) is 5.32 Å². The van der Waals surface area contributed by atoms with Crippen LogP contribution in [-0.2, 0) is 4.79 Å². The Morgan fingerprint density at radius 2 is 2.08 bits per heavy atom. The second-order valence-electron chi connectivity index (χ2n) is 3.59. The zero-order valence-corrected chi connectivity index (χ0v) is 8.89. The Morgan fingerprint density at radius 1 is 1.38 bits per heavy atom. The molecule has 1 unspecified atom stereocenters. The summed E-state index contributed by atoms with van der Waals surface area (Å²) in [4.78, 5) is 13.4. The lowest BCUT2D eigenvalue weighted by molar-refractivity contribution is -0.131. The second-order valence-corrected chi connectivity index (χ2v) is 3.59. The molecule has 0 aromatic carbocycles. The molecule has 1 spiro atoms. The van der Waals surface area contributed by atoms with E-state index in [1.807, 2.05) is 25.8 Å². The third kappa shape index (κ3) is 1.70. The normalized spacial score (nSPS) is 32.2. The van der Waals surface area contributed by atoms with Crippen molar-refractivity contribution in [2.75, 3.05) is 20.1 Å². The highest BCUT2D eigenvalue weighted by Gasteiger charge is 2.46. The summed E-state index contributed by atoms with van der Waals surface area (Å²) in [6.07, 6.45) is 3.19. The number of amides is 1. The van der Waals surface area contributed by atoms with Gasteiger partial charge < -0.3 is 10.2 Å². The summed E-state index contributed by atoms with van der Waals surface area (Å²) in [6.45, 7) is 5.94. The van der Waals surface area contributed by atoms with Crippen molar-refractivity contribution in [3.63, 3.8) is 0 Å². The lowest BCUT2D eigenvalue weighted by atomic mass is 9.96. The van der Waals surface area contributed by atoms with Crippen LogP contribution in [0.2, 0.25) is 0 Å². The fourth-order valence-corrected chi connectivity index (χ4v) is 2.13. The molecule has 3 nitrogen and oxygen atoms in total. The highest BCUT2D eigenvalue weighted by molar-refractivity contribution is 5.88. The molecule has 1 amide bonds. The van der Waals surface area contributed by atoms with E-state index in [-0.39, 0.29) is 5.54 Å². The maximum Gasteiger partial charge on any atom is 0.242 e. The Balaban J connectivity index is 0.000000396. The zero-order valence-electron chi connectivity index (χ0n) is 8.89. The van der Waals surface area contributed by atoms with Crippen LogP contribution >= 0.6 is 0 Å². The van der Waals surface area contributed by atoms with E-state index in [0.717, 1.165) is 32.4 Å². The third-order valence-corrected chi connectivity index (χ3v) is 2.87. The first kappa shape index (κ1) is 10.5. The minimum Gasteiger partial charge on any atom is -0.344 e. The first-order valence-electron chi connectivity index (χ1n) is 5.25. The van der Waals surface area contributed by atoms with E-state index in [4.69, 9.17) is 0 Å². The second kappa shape index (κ2) is 4.09. The maximum atomic E-state index is 11.6. The number of carbonyl (C=O) groups excluding carboxylic acids is 1. The molecule has 2 rings (SSSR count). The lowest BCUT2D eigenvalue weighted by Crippen LogP contribution is -2.46. The molecule has 0 aromatic rings. The lowest BCUT2D eigenvalue weighted by Gasteiger charge is -2.20. The molecule has 2 saturated heterocycles. The summed E-state index contributed by atoms with van der Waals surface area (Å²) in [5.41, 5.74) is -0.144. The van der Waals surface area contributed by atoms with E-state index in [1.54, 1.807) is 0 Å². The van der Waals surface area contributed by atoms with Gasteiger partial charge in [0.25, 0.3) is 0 Å². The number of rotatable bonds is 0.